The van der Waals surface area contributed by atoms with Crippen molar-refractivity contribution in [3.05, 3.63) is 77.8 Å². The van der Waals surface area contributed by atoms with Gasteiger partial charge in [0.1, 0.15) is 22.1 Å². The van der Waals surface area contributed by atoms with Gasteiger partial charge in [-0.05, 0) is 54.6 Å². The summed E-state index contributed by atoms with van der Waals surface area (Å²) in [5.41, 5.74) is 0. The SMILES string of the molecule is CS(=O)(=O)c1ccc(Cl)c(S(=O)(=O)Oc2ccc(Oc3ccccc3)cc2)c1. The Morgan fingerprint density at radius 1 is 0.750 bits per heavy atom. The first-order valence-electron chi connectivity index (χ1n) is 7.92. The summed E-state index contributed by atoms with van der Waals surface area (Å²) < 4.78 is 59.1. The lowest BCUT2D eigenvalue weighted by Crippen LogP contribution is -2.11. The number of para-hydroxylation sites is 1. The summed E-state index contributed by atoms with van der Waals surface area (Å²) in [5, 5.41) is -0.142. The van der Waals surface area contributed by atoms with Gasteiger partial charge in [-0.2, -0.15) is 8.42 Å². The number of rotatable bonds is 6. The van der Waals surface area contributed by atoms with E-state index in [0.717, 1.165) is 12.3 Å². The Kier molecular flexibility index (Phi) is 5.64. The normalized spacial score (nSPS) is 11.8. The zero-order valence-electron chi connectivity index (χ0n) is 14.6. The molecule has 0 atom stereocenters. The predicted octanol–water partition coefficient (Wildman–Crippen LogP) is 4.30. The first-order chi connectivity index (χ1) is 13.1. The molecule has 146 valence electrons. The molecule has 28 heavy (non-hydrogen) atoms. The molecule has 0 N–H and O–H groups in total. The van der Waals surface area contributed by atoms with Crippen LogP contribution in [0.3, 0.4) is 0 Å². The summed E-state index contributed by atoms with van der Waals surface area (Å²) in [4.78, 5) is -0.604. The van der Waals surface area contributed by atoms with Gasteiger partial charge in [0.25, 0.3) is 0 Å². The molecule has 0 aromatic heterocycles. The van der Waals surface area contributed by atoms with Gasteiger partial charge in [-0.25, -0.2) is 8.42 Å². The monoisotopic (exact) mass is 438 g/mol. The van der Waals surface area contributed by atoms with E-state index in [1.807, 2.05) is 18.2 Å². The molecule has 0 radical (unpaired) electrons. The number of sulfone groups is 1. The standard InChI is InChI=1S/C19H15ClO6S2/c1-27(21,22)17-11-12-18(20)19(13-17)28(23,24)26-16-9-7-15(8-10-16)25-14-5-3-2-4-6-14/h2-13H,1H3. The van der Waals surface area contributed by atoms with Crippen LogP contribution in [-0.2, 0) is 20.0 Å². The lowest BCUT2D eigenvalue weighted by atomic mass is 10.3. The number of halogens is 1. The molecule has 0 amide bonds. The molecule has 3 rings (SSSR count). The number of benzene rings is 3. The van der Waals surface area contributed by atoms with E-state index < -0.39 is 24.9 Å². The average molecular weight is 439 g/mol. The molecule has 9 heteroatoms. The minimum absolute atomic E-state index is 0.0289. The molecule has 0 heterocycles. The second kappa shape index (κ2) is 7.83. The Labute approximate surface area is 168 Å². The fourth-order valence-corrected chi connectivity index (χ4v) is 4.42. The molecule has 0 aliphatic carbocycles. The van der Waals surface area contributed by atoms with Crippen LogP contribution >= 0.6 is 11.6 Å². The summed E-state index contributed by atoms with van der Waals surface area (Å²) in [6.07, 6.45) is 0.971. The topological polar surface area (TPSA) is 86.7 Å². The van der Waals surface area contributed by atoms with Crippen molar-refractivity contribution in [2.24, 2.45) is 0 Å². The quantitative estimate of drug-likeness (QED) is 0.533. The van der Waals surface area contributed by atoms with E-state index in [9.17, 15) is 16.8 Å². The fourth-order valence-electron chi connectivity index (χ4n) is 2.27. The largest absolute Gasteiger partial charge is 0.457 e. The van der Waals surface area contributed by atoms with Gasteiger partial charge in [-0.1, -0.05) is 29.8 Å². The van der Waals surface area contributed by atoms with Crippen molar-refractivity contribution in [1.82, 2.24) is 0 Å². The molecule has 0 bridgehead atoms. The first kappa shape index (κ1) is 20.2. The van der Waals surface area contributed by atoms with Crippen LogP contribution in [0.15, 0.2) is 82.6 Å². The summed E-state index contributed by atoms with van der Waals surface area (Å²) in [6, 6.07) is 18.4. The van der Waals surface area contributed by atoms with E-state index in [4.69, 9.17) is 20.5 Å². The molecule has 0 fully saturated rings. The molecule has 0 unspecified atom stereocenters. The lowest BCUT2D eigenvalue weighted by molar-refractivity contribution is 0.474. The molecule has 3 aromatic rings. The van der Waals surface area contributed by atoms with Crippen molar-refractivity contribution in [2.45, 2.75) is 9.79 Å². The van der Waals surface area contributed by atoms with E-state index in [0.29, 0.717) is 11.5 Å². The first-order valence-corrected chi connectivity index (χ1v) is 11.6. The molecular formula is C19H15ClO6S2. The van der Waals surface area contributed by atoms with Gasteiger partial charge in [-0.15, -0.1) is 0 Å². The van der Waals surface area contributed by atoms with Gasteiger partial charge in [0.05, 0.1) is 9.92 Å². The van der Waals surface area contributed by atoms with Gasteiger partial charge in [-0.3, -0.25) is 0 Å². The third-order valence-electron chi connectivity index (χ3n) is 3.61. The maximum absolute atomic E-state index is 12.5. The molecule has 3 aromatic carbocycles. The maximum atomic E-state index is 12.5. The highest BCUT2D eigenvalue weighted by atomic mass is 35.5. The van der Waals surface area contributed by atoms with Crippen molar-refractivity contribution >= 4 is 31.6 Å². The lowest BCUT2D eigenvalue weighted by Gasteiger charge is -2.10. The molecule has 0 saturated heterocycles. The number of hydrogen-bond acceptors (Lipinski definition) is 6. The molecule has 0 spiro atoms. The average Bonchev–Trinajstić information content (AvgIpc) is 2.63. The van der Waals surface area contributed by atoms with E-state index in [1.165, 1.54) is 24.3 Å². The predicted molar refractivity (Wildman–Crippen MR) is 105 cm³/mol. The van der Waals surface area contributed by atoms with E-state index >= 15 is 0 Å². The van der Waals surface area contributed by atoms with E-state index in [2.05, 4.69) is 0 Å². The minimum Gasteiger partial charge on any atom is -0.457 e. The Morgan fingerprint density at radius 3 is 1.93 bits per heavy atom. The second-order valence-electron chi connectivity index (χ2n) is 5.79. The zero-order chi connectivity index (χ0) is 20.4. The fraction of sp³-hybridized carbons (Fsp3) is 0.0526. The van der Waals surface area contributed by atoms with Crippen LogP contribution in [0, 0.1) is 0 Å². The molecule has 0 saturated carbocycles. The van der Waals surface area contributed by atoms with E-state index in [-0.39, 0.29) is 15.7 Å². The van der Waals surface area contributed by atoms with Gasteiger partial charge >= 0.3 is 10.1 Å². The van der Waals surface area contributed by atoms with Crippen molar-refractivity contribution in [2.75, 3.05) is 6.26 Å². The number of hydrogen-bond donors (Lipinski definition) is 0. The Bertz CT molecular complexity index is 1190. The van der Waals surface area contributed by atoms with Crippen molar-refractivity contribution in [3.8, 4) is 17.2 Å². The Hall–Kier alpha value is -2.55. The minimum atomic E-state index is -4.34. The van der Waals surface area contributed by atoms with Gasteiger partial charge < -0.3 is 8.92 Å². The second-order valence-corrected chi connectivity index (χ2v) is 9.73. The van der Waals surface area contributed by atoms with Crippen molar-refractivity contribution in [1.29, 1.82) is 0 Å². The third kappa shape index (κ3) is 4.83. The van der Waals surface area contributed by atoms with E-state index in [1.54, 1.807) is 24.3 Å². The summed E-state index contributed by atoms with van der Waals surface area (Å²) >= 11 is 5.94. The summed E-state index contributed by atoms with van der Waals surface area (Å²) in [6.45, 7) is 0. The van der Waals surface area contributed by atoms with Crippen molar-refractivity contribution in [3.63, 3.8) is 0 Å². The molecule has 6 nitrogen and oxygen atoms in total. The molecular weight excluding hydrogens is 424 g/mol. The number of ether oxygens (including phenoxy) is 1. The van der Waals surface area contributed by atoms with Crippen molar-refractivity contribution < 1.29 is 25.8 Å². The zero-order valence-corrected chi connectivity index (χ0v) is 17.0. The van der Waals surface area contributed by atoms with Crippen LogP contribution in [-0.4, -0.2) is 23.1 Å². The molecule has 0 aliphatic rings. The van der Waals surface area contributed by atoms with Crippen LogP contribution in [0.25, 0.3) is 0 Å². The molecule has 0 aliphatic heterocycles. The van der Waals surface area contributed by atoms with Gasteiger partial charge in [0.2, 0.25) is 0 Å². The van der Waals surface area contributed by atoms with Gasteiger partial charge in [0, 0.05) is 6.26 Å². The summed E-state index contributed by atoms with van der Waals surface area (Å²) in [7, 11) is -7.94. The third-order valence-corrected chi connectivity index (χ3v) is 6.45. The highest BCUT2D eigenvalue weighted by Gasteiger charge is 2.23. The Balaban J connectivity index is 1.83. The van der Waals surface area contributed by atoms with Gasteiger partial charge in [0.15, 0.2) is 9.84 Å². The summed E-state index contributed by atoms with van der Waals surface area (Å²) in [5.74, 6) is 1.16. The Morgan fingerprint density at radius 2 is 1.32 bits per heavy atom. The van der Waals surface area contributed by atoms with Crippen LogP contribution in [0.2, 0.25) is 5.02 Å². The highest BCUT2D eigenvalue weighted by molar-refractivity contribution is 7.90. The van der Waals surface area contributed by atoms with Crippen LogP contribution in [0.4, 0.5) is 0 Å². The van der Waals surface area contributed by atoms with Crippen LogP contribution in [0.1, 0.15) is 0 Å². The maximum Gasteiger partial charge on any atom is 0.340 e. The van der Waals surface area contributed by atoms with Crippen LogP contribution < -0.4 is 8.92 Å². The smallest absolute Gasteiger partial charge is 0.340 e. The van der Waals surface area contributed by atoms with Crippen LogP contribution in [0.5, 0.6) is 17.2 Å². The highest BCUT2D eigenvalue weighted by Crippen LogP contribution is 2.29.